The second-order valence-corrected chi connectivity index (χ2v) is 6.51. The fourth-order valence-electron chi connectivity index (χ4n) is 2.61. The van der Waals surface area contributed by atoms with Crippen LogP contribution in [0, 0.1) is 5.92 Å². The molecule has 0 aliphatic heterocycles. The molecule has 0 amide bonds. The van der Waals surface area contributed by atoms with Gasteiger partial charge in [-0.2, -0.15) is 0 Å². The molecule has 0 bridgehead atoms. The summed E-state index contributed by atoms with van der Waals surface area (Å²) >= 11 is 0. The summed E-state index contributed by atoms with van der Waals surface area (Å²) in [6, 6.07) is 3.89. The van der Waals surface area contributed by atoms with Crippen LogP contribution in [0.25, 0.3) is 0 Å². The third-order valence-corrected chi connectivity index (χ3v) is 4.05. The summed E-state index contributed by atoms with van der Waals surface area (Å²) in [5.41, 5.74) is 7.88. The second-order valence-electron chi connectivity index (χ2n) is 6.51. The first-order chi connectivity index (χ1) is 11.0. The summed E-state index contributed by atoms with van der Waals surface area (Å²) in [6.45, 7) is 9.22. The predicted octanol–water partition coefficient (Wildman–Crippen LogP) is 3.02. The van der Waals surface area contributed by atoms with Crippen LogP contribution in [0.4, 0.5) is 0 Å². The SMILES string of the molecule is C=C(C)CNC(N)=NCc1ccnc(OC2CCC(C)CC2)c1. The number of aromatic nitrogens is 1. The molecule has 23 heavy (non-hydrogen) atoms. The number of guanidine groups is 1. The fraction of sp³-hybridized carbons (Fsp3) is 0.556. The Kier molecular flexibility index (Phi) is 6.44. The number of aliphatic imine (C=N–C) groups is 1. The van der Waals surface area contributed by atoms with Crippen LogP contribution in [0.2, 0.25) is 0 Å². The molecule has 1 fully saturated rings. The van der Waals surface area contributed by atoms with Crippen molar-refractivity contribution in [3.8, 4) is 5.88 Å². The Balaban J connectivity index is 1.86. The molecule has 1 saturated carbocycles. The van der Waals surface area contributed by atoms with Gasteiger partial charge in [-0.15, -0.1) is 0 Å². The third-order valence-electron chi connectivity index (χ3n) is 4.05. The predicted molar refractivity (Wildman–Crippen MR) is 94.4 cm³/mol. The monoisotopic (exact) mass is 316 g/mol. The zero-order valence-corrected chi connectivity index (χ0v) is 14.2. The maximum atomic E-state index is 6.01. The van der Waals surface area contributed by atoms with E-state index in [0.29, 0.717) is 31.0 Å². The quantitative estimate of drug-likeness (QED) is 0.481. The molecule has 2 rings (SSSR count). The van der Waals surface area contributed by atoms with Gasteiger partial charge in [-0.05, 0) is 50.2 Å². The standard InChI is InChI=1S/C18H28N4O/c1-13(2)11-21-18(19)22-12-15-8-9-20-17(10-15)23-16-6-4-14(3)5-7-16/h8-10,14,16H,1,4-7,11-12H2,2-3H3,(H3,19,21,22). The summed E-state index contributed by atoms with van der Waals surface area (Å²) in [4.78, 5) is 8.63. The van der Waals surface area contributed by atoms with E-state index in [9.17, 15) is 0 Å². The molecule has 5 nitrogen and oxygen atoms in total. The van der Waals surface area contributed by atoms with Crippen molar-refractivity contribution >= 4 is 5.96 Å². The van der Waals surface area contributed by atoms with Gasteiger partial charge in [0.25, 0.3) is 0 Å². The Hall–Kier alpha value is -2.04. The highest BCUT2D eigenvalue weighted by atomic mass is 16.5. The molecule has 126 valence electrons. The van der Waals surface area contributed by atoms with Crippen LogP contribution in [0.1, 0.15) is 45.1 Å². The van der Waals surface area contributed by atoms with E-state index in [0.717, 1.165) is 29.9 Å². The van der Waals surface area contributed by atoms with Crippen LogP contribution in [-0.2, 0) is 6.54 Å². The largest absolute Gasteiger partial charge is 0.474 e. The average molecular weight is 316 g/mol. The molecule has 3 N–H and O–H groups in total. The lowest BCUT2D eigenvalue weighted by Gasteiger charge is -2.26. The van der Waals surface area contributed by atoms with Crippen LogP contribution >= 0.6 is 0 Å². The molecule has 1 aliphatic carbocycles. The van der Waals surface area contributed by atoms with Gasteiger partial charge in [0, 0.05) is 18.8 Å². The molecular weight excluding hydrogens is 288 g/mol. The number of nitrogens with one attached hydrogen (secondary N) is 1. The molecule has 1 aromatic rings. The molecule has 0 saturated heterocycles. The highest BCUT2D eigenvalue weighted by molar-refractivity contribution is 5.78. The van der Waals surface area contributed by atoms with Crippen molar-refractivity contribution in [3.63, 3.8) is 0 Å². The van der Waals surface area contributed by atoms with Gasteiger partial charge < -0.3 is 15.8 Å². The van der Waals surface area contributed by atoms with Crippen LogP contribution in [0.3, 0.4) is 0 Å². The Morgan fingerprint density at radius 2 is 2.17 bits per heavy atom. The average Bonchev–Trinajstić information content (AvgIpc) is 2.53. The zero-order chi connectivity index (χ0) is 16.7. The normalized spacial score (nSPS) is 21.7. The maximum Gasteiger partial charge on any atom is 0.213 e. The van der Waals surface area contributed by atoms with E-state index in [2.05, 4.69) is 28.8 Å². The van der Waals surface area contributed by atoms with Crippen molar-refractivity contribution in [1.82, 2.24) is 10.3 Å². The van der Waals surface area contributed by atoms with Gasteiger partial charge in [-0.1, -0.05) is 19.1 Å². The molecule has 5 heteroatoms. The van der Waals surface area contributed by atoms with Crippen molar-refractivity contribution in [2.75, 3.05) is 6.54 Å². The fourth-order valence-corrected chi connectivity index (χ4v) is 2.61. The first kappa shape index (κ1) is 17.3. The number of hydrogen-bond acceptors (Lipinski definition) is 3. The number of ether oxygens (including phenoxy) is 1. The van der Waals surface area contributed by atoms with Gasteiger partial charge in [0.05, 0.1) is 6.54 Å². The highest BCUT2D eigenvalue weighted by Crippen LogP contribution is 2.26. The number of pyridine rings is 1. The van der Waals surface area contributed by atoms with Crippen LogP contribution in [-0.4, -0.2) is 23.6 Å². The number of nitrogens with zero attached hydrogens (tertiary/aromatic N) is 2. The molecule has 0 spiro atoms. The van der Waals surface area contributed by atoms with Gasteiger partial charge in [-0.25, -0.2) is 9.98 Å². The molecule has 0 unspecified atom stereocenters. The molecule has 0 atom stereocenters. The smallest absolute Gasteiger partial charge is 0.213 e. The van der Waals surface area contributed by atoms with Gasteiger partial charge in [0.2, 0.25) is 5.88 Å². The van der Waals surface area contributed by atoms with Crippen molar-refractivity contribution in [2.24, 2.45) is 16.6 Å². The summed E-state index contributed by atoms with van der Waals surface area (Å²) < 4.78 is 6.01. The second kappa shape index (κ2) is 8.56. The first-order valence-electron chi connectivity index (χ1n) is 8.32. The van der Waals surface area contributed by atoms with Gasteiger partial charge in [0.15, 0.2) is 5.96 Å². The van der Waals surface area contributed by atoms with Crippen molar-refractivity contribution in [1.29, 1.82) is 0 Å². The Morgan fingerprint density at radius 3 is 2.87 bits per heavy atom. The van der Waals surface area contributed by atoms with Crippen molar-refractivity contribution in [2.45, 2.75) is 52.2 Å². The topological polar surface area (TPSA) is 72.5 Å². The van der Waals surface area contributed by atoms with Crippen molar-refractivity contribution < 1.29 is 4.74 Å². The van der Waals surface area contributed by atoms with E-state index in [1.54, 1.807) is 6.20 Å². The summed E-state index contributed by atoms with van der Waals surface area (Å²) in [6.07, 6.45) is 6.76. The molecule has 1 aromatic heterocycles. The van der Waals surface area contributed by atoms with E-state index in [-0.39, 0.29) is 0 Å². The Morgan fingerprint density at radius 1 is 1.43 bits per heavy atom. The molecular formula is C18H28N4O. The zero-order valence-electron chi connectivity index (χ0n) is 14.2. The lowest BCUT2D eigenvalue weighted by molar-refractivity contribution is 0.130. The van der Waals surface area contributed by atoms with E-state index >= 15 is 0 Å². The lowest BCUT2D eigenvalue weighted by atomic mass is 9.89. The van der Waals surface area contributed by atoms with Gasteiger partial charge >= 0.3 is 0 Å². The summed E-state index contributed by atoms with van der Waals surface area (Å²) in [5, 5.41) is 3.02. The Labute approximate surface area is 139 Å². The molecule has 1 aliphatic rings. The summed E-state index contributed by atoms with van der Waals surface area (Å²) in [7, 11) is 0. The van der Waals surface area contributed by atoms with Crippen molar-refractivity contribution in [3.05, 3.63) is 36.0 Å². The minimum absolute atomic E-state index is 0.291. The van der Waals surface area contributed by atoms with Crippen LogP contribution in [0.5, 0.6) is 5.88 Å². The van der Waals surface area contributed by atoms with Gasteiger partial charge in [-0.3, -0.25) is 0 Å². The van der Waals surface area contributed by atoms with E-state index < -0.39 is 0 Å². The highest BCUT2D eigenvalue weighted by Gasteiger charge is 2.19. The van der Waals surface area contributed by atoms with E-state index in [4.69, 9.17) is 10.5 Å². The molecule has 0 radical (unpaired) electrons. The summed E-state index contributed by atoms with van der Waals surface area (Å²) in [5.74, 6) is 1.93. The van der Waals surface area contributed by atoms with Crippen LogP contribution < -0.4 is 15.8 Å². The van der Waals surface area contributed by atoms with E-state index in [1.807, 2.05) is 19.1 Å². The van der Waals surface area contributed by atoms with Crippen LogP contribution in [0.15, 0.2) is 35.5 Å². The van der Waals surface area contributed by atoms with E-state index in [1.165, 1.54) is 12.8 Å². The molecule has 1 heterocycles. The number of hydrogen-bond donors (Lipinski definition) is 2. The number of rotatable bonds is 6. The lowest BCUT2D eigenvalue weighted by Crippen LogP contribution is -2.32. The Bertz CT molecular complexity index is 548. The minimum atomic E-state index is 0.291. The van der Waals surface area contributed by atoms with Gasteiger partial charge in [0.1, 0.15) is 6.10 Å². The number of nitrogens with two attached hydrogens (primary N) is 1. The third kappa shape index (κ3) is 6.30. The maximum absolute atomic E-state index is 6.01. The molecule has 0 aromatic carbocycles. The minimum Gasteiger partial charge on any atom is -0.474 e. The first-order valence-corrected chi connectivity index (χ1v) is 8.32.